The number of hydrogen-bond acceptors (Lipinski definition) is 6. The third-order valence-electron chi connectivity index (χ3n) is 4.25. The van der Waals surface area contributed by atoms with Crippen molar-refractivity contribution in [1.29, 1.82) is 5.26 Å². The lowest BCUT2D eigenvalue weighted by molar-refractivity contribution is -0.112. The fraction of sp³-hybridized carbons (Fsp3) is 0.0800. The number of anilines is 2. The van der Waals surface area contributed by atoms with Gasteiger partial charge in [0.05, 0.1) is 17.9 Å². The van der Waals surface area contributed by atoms with Crippen molar-refractivity contribution in [2.75, 3.05) is 17.2 Å². The van der Waals surface area contributed by atoms with Gasteiger partial charge in [0.25, 0.3) is 5.91 Å². The Kier molecular flexibility index (Phi) is 7.60. The third-order valence-corrected chi connectivity index (χ3v) is 4.25. The Hall–Kier alpha value is -4.57. The minimum Gasteiger partial charge on any atom is -0.462 e. The number of esters is 1. The average molecular weight is 427 g/mol. The second-order valence-corrected chi connectivity index (χ2v) is 6.47. The van der Waals surface area contributed by atoms with Gasteiger partial charge in [-0.25, -0.2) is 4.79 Å². The normalized spacial score (nSPS) is 10.6. The first-order valence-electron chi connectivity index (χ1n) is 9.88. The lowest BCUT2D eigenvalue weighted by Gasteiger charge is -2.09. The van der Waals surface area contributed by atoms with Crippen LogP contribution in [-0.4, -0.2) is 18.5 Å². The Bertz CT molecular complexity index is 1150. The quantitative estimate of drug-likeness (QED) is 0.294. The van der Waals surface area contributed by atoms with Crippen LogP contribution in [0.1, 0.15) is 17.3 Å². The molecule has 0 aliphatic rings. The van der Waals surface area contributed by atoms with E-state index in [1.54, 1.807) is 55.5 Å². The second-order valence-electron chi connectivity index (χ2n) is 6.47. The van der Waals surface area contributed by atoms with Crippen molar-refractivity contribution in [2.24, 2.45) is 0 Å². The molecule has 0 saturated heterocycles. The zero-order valence-electron chi connectivity index (χ0n) is 17.4. The van der Waals surface area contributed by atoms with E-state index in [-0.39, 0.29) is 12.2 Å². The predicted octanol–water partition coefficient (Wildman–Crippen LogP) is 5.11. The SMILES string of the molecule is CCOC(=O)c1ccccc1N/C=C(/C#N)C(=O)Nc1ccc(Oc2ccccc2)cc1. The minimum absolute atomic E-state index is 0.159. The van der Waals surface area contributed by atoms with E-state index >= 15 is 0 Å². The summed E-state index contributed by atoms with van der Waals surface area (Å²) in [5, 5.41) is 14.9. The van der Waals surface area contributed by atoms with E-state index in [2.05, 4.69) is 10.6 Å². The lowest BCUT2D eigenvalue weighted by atomic mass is 10.1. The molecule has 0 bridgehead atoms. The van der Waals surface area contributed by atoms with E-state index in [4.69, 9.17) is 9.47 Å². The lowest BCUT2D eigenvalue weighted by Crippen LogP contribution is -2.15. The summed E-state index contributed by atoms with van der Waals surface area (Å²) in [5.74, 6) is 0.228. The topological polar surface area (TPSA) is 100 Å². The van der Waals surface area contributed by atoms with E-state index in [1.807, 2.05) is 36.4 Å². The number of amides is 1. The summed E-state index contributed by atoms with van der Waals surface area (Å²) in [6, 6.07) is 24.6. The van der Waals surface area contributed by atoms with Crippen molar-refractivity contribution < 1.29 is 19.1 Å². The number of nitrogens with zero attached hydrogens (tertiary/aromatic N) is 1. The van der Waals surface area contributed by atoms with Crippen molar-refractivity contribution in [3.63, 3.8) is 0 Å². The highest BCUT2D eigenvalue weighted by atomic mass is 16.5. The zero-order valence-corrected chi connectivity index (χ0v) is 17.4. The van der Waals surface area contributed by atoms with Gasteiger partial charge in [-0.15, -0.1) is 0 Å². The highest BCUT2D eigenvalue weighted by Gasteiger charge is 2.13. The smallest absolute Gasteiger partial charge is 0.340 e. The molecule has 0 unspecified atom stereocenters. The predicted molar refractivity (Wildman–Crippen MR) is 121 cm³/mol. The van der Waals surface area contributed by atoms with Crippen LogP contribution in [0.25, 0.3) is 0 Å². The van der Waals surface area contributed by atoms with Gasteiger partial charge in [-0.05, 0) is 55.5 Å². The van der Waals surface area contributed by atoms with Crippen LogP contribution in [0, 0.1) is 11.3 Å². The number of rotatable bonds is 8. The van der Waals surface area contributed by atoms with Crippen molar-refractivity contribution in [2.45, 2.75) is 6.92 Å². The maximum atomic E-state index is 12.5. The van der Waals surface area contributed by atoms with Crippen LogP contribution < -0.4 is 15.4 Å². The van der Waals surface area contributed by atoms with Gasteiger partial charge in [0, 0.05) is 11.9 Å². The Balaban J connectivity index is 1.66. The highest BCUT2D eigenvalue weighted by Crippen LogP contribution is 2.23. The molecule has 160 valence electrons. The Morgan fingerprint density at radius 1 is 0.938 bits per heavy atom. The van der Waals surface area contributed by atoms with Gasteiger partial charge >= 0.3 is 5.97 Å². The average Bonchev–Trinajstić information content (AvgIpc) is 2.82. The van der Waals surface area contributed by atoms with Crippen LogP contribution in [0.4, 0.5) is 11.4 Å². The number of nitrogens with one attached hydrogen (secondary N) is 2. The van der Waals surface area contributed by atoms with Gasteiger partial charge in [0.15, 0.2) is 0 Å². The molecule has 3 aromatic rings. The third kappa shape index (κ3) is 5.97. The number of ether oxygens (including phenoxy) is 2. The molecule has 1 amide bonds. The summed E-state index contributed by atoms with van der Waals surface area (Å²) in [6.07, 6.45) is 1.25. The maximum Gasteiger partial charge on any atom is 0.340 e. The molecule has 7 nitrogen and oxygen atoms in total. The van der Waals surface area contributed by atoms with Gasteiger partial charge in [-0.1, -0.05) is 30.3 Å². The first-order chi connectivity index (χ1) is 15.6. The summed E-state index contributed by atoms with van der Waals surface area (Å²) in [6.45, 7) is 1.95. The Morgan fingerprint density at radius 2 is 1.59 bits per heavy atom. The monoisotopic (exact) mass is 427 g/mol. The first-order valence-corrected chi connectivity index (χ1v) is 9.88. The molecule has 7 heteroatoms. The molecule has 0 fully saturated rings. The van der Waals surface area contributed by atoms with Crippen molar-refractivity contribution in [3.05, 3.63) is 96.2 Å². The van der Waals surface area contributed by atoms with Crippen LogP contribution in [0.2, 0.25) is 0 Å². The molecule has 0 aliphatic carbocycles. The summed E-state index contributed by atoms with van der Waals surface area (Å²) >= 11 is 0. The molecule has 3 rings (SSSR count). The molecule has 0 spiro atoms. The van der Waals surface area contributed by atoms with E-state index in [9.17, 15) is 14.9 Å². The van der Waals surface area contributed by atoms with Crippen LogP contribution in [0.15, 0.2) is 90.6 Å². The number of nitriles is 1. The summed E-state index contributed by atoms with van der Waals surface area (Å²) in [4.78, 5) is 24.6. The highest BCUT2D eigenvalue weighted by molar-refractivity contribution is 6.07. The van der Waals surface area contributed by atoms with Gasteiger partial charge in [0.2, 0.25) is 0 Å². The van der Waals surface area contributed by atoms with E-state index in [0.717, 1.165) is 0 Å². The van der Waals surface area contributed by atoms with Crippen LogP contribution in [0.5, 0.6) is 11.5 Å². The van der Waals surface area contributed by atoms with Crippen molar-refractivity contribution >= 4 is 23.3 Å². The van der Waals surface area contributed by atoms with Crippen LogP contribution in [0.3, 0.4) is 0 Å². The van der Waals surface area contributed by atoms with E-state index in [0.29, 0.717) is 28.4 Å². The molecule has 0 heterocycles. The minimum atomic E-state index is -0.592. The summed E-state index contributed by atoms with van der Waals surface area (Å²) in [5.41, 5.74) is 1.07. The molecule has 0 aromatic heterocycles. The van der Waals surface area contributed by atoms with Crippen molar-refractivity contribution in [3.8, 4) is 17.6 Å². The largest absolute Gasteiger partial charge is 0.462 e. The first kappa shape index (κ1) is 22.1. The van der Waals surface area contributed by atoms with Gasteiger partial charge in [0.1, 0.15) is 23.1 Å². The number of benzene rings is 3. The maximum absolute atomic E-state index is 12.5. The van der Waals surface area contributed by atoms with E-state index in [1.165, 1.54) is 6.20 Å². The van der Waals surface area contributed by atoms with Gasteiger partial charge < -0.3 is 20.1 Å². The Morgan fingerprint density at radius 3 is 2.28 bits per heavy atom. The number of carbonyl (C=O) groups is 2. The molecular weight excluding hydrogens is 406 g/mol. The van der Waals surface area contributed by atoms with Gasteiger partial charge in [-0.3, -0.25) is 4.79 Å². The number of hydrogen-bond donors (Lipinski definition) is 2. The molecule has 2 N–H and O–H groups in total. The Labute approximate surface area is 185 Å². The standard InChI is InChI=1S/C25H21N3O4/c1-2-31-25(30)22-10-6-7-11-23(22)27-17-18(16-26)24(29)28-19-12-14-21(15-13-19)32-20-8-4-3-5-9-20/h3-15,17,27H,2H2,1H3,(H,28,29)/b18-17-. The van der Waals surface area contributed by atoms with Crippen LogP contribution in [-0.2, 0) is 9.53 Å². The van der Waals surface area contributed by atoms with Crippen molar-refractivity contribution in [1.82, 2.24) is 0 Å². The fourth-order valence-electron chi connectivity index (χ4n) is 2.72. The van der Waals surface area contributed by atoms with Gasteiger partial charge in [-0.2, -0.15) is 5.26 Å². The fourth-order valence-corrected chi connectivity index (χ4v) is 2.72. The summed E-state index contributed by atoms with van der Waals surface area (Å²) < 4.78 is 10.7. The summed E-state index contributed by atoms with van der Waals surface area (Å²) in [7, 11) is 0. The number of carbonyl (C=O) groups excluding carboxylic acids is 2. The number of para-hydroxylation sites is 2. The zero-order chi connectivity index (χ0) is 22.8. The second kappa shape index (κ2) is 11.0. The molecule has 32 heavy (non-hydrogen) atoms. The molecule has 0 radical (unpaired) electrons. The molecule has 0 aliphatic heterocycles. The molecule has 0 saturated carbocycles. The molecule has 3 aromatic carbocycles. The van der Waals surface area contributed by atoms with E-state index < -0.39 is 11.9 Å². The molecule has 0 atom stereocenters. The van der Waals surface area contributed by atoms with Crippen LogP contribution >= 0.6 is 0 Å². The molecular formula is C25H21N3O4.